The fourth-order valence-electron chi connectivity index (χ4n) is 3.89. The topological polar surface area (TPSA) is 128 Å². The molecule has 0 radical (unpaired) electrons. The Morgan fingerprint density at radius 3 is 2.34 bits per heavy atom. The zero-order valence-corrected chi connectivity index (χ0v) is 18.4. The van der Waals surface area contributed by atoms with Gasteiger partial charge in [0.25, 0.3) is 5.91 Å². The van der Waals surface area contributed by atoms with Gasteiger partial charge in [-0.3, -0.25) is 14.4 Å². The summed E-state index contributed by atoms with van der Waals surface area (Å²) in [5, 5.41) is 29.7. The van der Waals surface area contributed by atoms with Gasteiger partial charge in [-0.15, -0.1) is 0 Å². The Kier molecular flexibility index (Phi) is 6.05. The lowest BCUT2D eigenvalue weighted by molar-refractivity contribution is 0.0684. The summed E-state index contributed by atoms with van der Waals surface area (Å²) in [6, 6.07) is 11.2. The van der Waals surface area contributed by atoms with Crippen molar-refractivity contribution in [3.8, 4) is 5.75 Å². The number of halogens is 1. The molecule has 0 saturated carbocycles. The van der Waals surface area contributed by atoms with E-state index in [4.69, 9.17) is 10.2 Å². The van der Waals surface area contributed by atoms with Gasteiger partial charge in [-0.2, -0.15) is 0 Å². The number of amides is 1. The average molecular weight is 499 g/mol. The Hall–Kier alpha value is -3.14. The molecule has 32 heavy (non-hydrogen) atoms. The normalized spacial score (nSPS) is 15.3. The molecule has 0 spiro atoms. The zero-order chi connectivity index (χ0) is 23.0. The van der Waals surface area contributed by atoms with Crippen LogP contribution in [-0.4, -0.2) is 69.0 Å². The lowest BCUT2D eigenvalue weighted by atomic mass is 9.97. The van der Waals surface area contributed by atoms with Crippen LogP contribution in [0.2, 0.25) is 0 Å². The molecule has 0 fully saturated rings. The minimum absolute atomic E-state index is 0.0227. The molecule has 8 nitrogen and oxygen atoms in total. The SMILES string of the molecule is O=C1c2ccc(C(=O)N(CCO)CCO)cc2C(=O)C1c1nc2ccccc2c(Br)c1O. The van der Waals surface area contributed by atoms with Gasteiger partial charge >= 0.3 is 0 Å². The highest BCUT2D eigenvalue weighted by molar-refractivity contribution is 9.10. The third-order valence-corrected chi connectivity index (χ3v) is 6.26. The van der Waals surface area contributed by atoms with E-state index in [0.717, 1.165) is 0 Å². The molecule has 9 heteroatoms. The largest absolute Gasteiger partial charge is 0.505 e. The number of aliphatic hydroxyl groups is 2. The molecule has 0 saturated heterocycles. The number of para-hydroxylation sites is 1. The minimum Gasteiger partial charge on any atom is -0.505 e. The quantitative estimate of drug-likeness (QED) is 0.444. The Labute approximate surface area is 191 Å². The van der Waals surface area contributed by atoms with E-state index < -0.39 is 23.4 Å². The standard InChI is InChI=1S/C23H19BrN2O6/c24-18-14-3-1-2-4-16(14)25-19(22(18)31)17-20(29)13-6-5-12(11-15(13)21(17)30)23(32)26(7-9-27)8-10-28/h1-6,11,17,27-28,31H,7-10H2. The highest BCUT2D eigenvalue weighted by Crippen LogP contribution is 2.42. The minimum atomic E-state index is -1.32. The van der Waals surface area contributed by atoms with E-state index >= 15 is 0 Å². The number of ketones is 2. The number of benzene rings is 2. The van der Waals surface area contributed by atoms with Crippen LogP contribution in [0, 0.1) is 0 Å². The van der Waals surface area contributed by atoms with Gasteiger partial charge in [0.2, 0.25) is 0 Å². The molecule has 3 N–H and O–H groups in total. The average Bonchev–Trinajstić information content (AvgIpc) is 3.05. The van der Waals surface area contributed by atoms with Gasteiger partial charge in [-0.1, -0.05) is 18.2 Å². The van der Waals surface area contributed by atoms with Crippen LogP contribution >= 0.6 is 15.9 Å². The summed E-state index contributed by atoms with van der Waals surface area (Å²) < 4.78 is 0.342. The van der Waals surface area contributed by atoms with E-state index in [1.807, 2.05) is 0 Å². The van der Waals surface area contributed by atoms with Crippen LogP contribution in [0.3, 0.4) is 0 Å². The van der Waals surface area contributed by atoms with Gasteiger partial charge in [0.1, 0.15) is 11.6 Å². The van der Waals surface area contributed by atoms with Crippen molar-refractivity contribution in [2.75, 3.05) is 26.3 Å². The molecule has 1 unspecified atom stereocenters. The molecule has 1 amide bonds. The van der Waals surface area contributed by atoms with Gasteiger partial charge in [-0.05, 0) is 40.2 Å². The molecular formula is C23H19BrN2O6. The van der Waals surface area contributed by atoms with E-state index in [1.165, 1.54) is 23.1 Å². The maximum Gasteiger partial charge on any atom is 0.254 e. The van der Waals surface area contributed by atoms with E-state index in [1.54, 1.807) is 24.3 Å². The number of aromatic nitrogens is 1. The Morgan fingerprint density at radius 2 is 1.66 bits per heavy atom. The van der Waals surface area contributed by atoms with Crippen molar-refractivity contribution >= 4 is 44.3 Å². The van der Waals surface area contributed by atoms with Crippen molar-refractivity contribution in [1.29, 1.82) is 0 Å². The summed E-state index contributed by atoms with van der Waals surface area (Å²) >= 11 is 3.33. The number of carbonyl (C=O) groups is 3. The Balaban J connectivity index is 1.75. The van der Waals surface area contributed by atoms with Crippen LogP contribution in [0.1, 0.15) is 42.7 Å². The van der Waals surface area contributed by atoms with Crippen molar-refractivity contribution in [1.82, 2.24) is 9.88 Å². The van der Waals surface area contributed by atoms with Crippen LogP contribution in [0.4, 0.5) is 0 Å². The molecule has 164 valence electrons. The second kappa shape index (κ2) is 8.78. The van der Waals surface area contributed by atoms with E-state index in [2.05, 4.69) is 20.9 Å². The van der Waals surface area contributed by atoms with Crippen LogP contribution in [-0.2, 0) is 0 Å². The predicted molar refractivity (Wildman–Crippen MR) is 119 cm³/mol. The van der Waals surface area contributed by atoms with Crippen molar-refractivity contribution in [3.05, 3.63) is 69.3 Å². The molecule has 1 aliphatic carbocycles. The predicted octanol–water partition coefficient (Wildman–Crippen LogP) is 2.29. The van der Waals surface area contributed by atoms with Gasteiger partial charge in [-0.25, -0.2) is 4.98 Å². The van der Waals surface area contributed by atoms with Crippen molar-refractivity contribution < 1.29 is 29.7 Å². The fraction of sp³-hybridized carbons (Fsp3) is 0.217. The van der Waals surface area contributed by atoms with Gasteiger partial charge in [0, 0.05) is 35.2 Å². The van der Waals surface area contributed by atoms with E-state index in [-0.39, 0.29) is 54.4 Å². The molecule has 1 heterocycles. The number of pyridine rings is 1. The van der Waals surface area contributed by atoms with Gasteiger partial charge in [0.15, 0.2) is 17.3 Å². The smallest absolute Gasteiger partial charge is 0.254 e. The third-order valence-electron chi connectivity index (χ3n) is 5.45. The van der Waals surface area contributed by atoms with Gasteiger partial charge < -0.3 is 20.2 Å². The van der Waals surface area contributed by atoms with E-state index in [9.17, 15) is 19.5 Å². The van der Waals surface area contributed by atoms with Crippen LogP contribution in [0.25, 0.3) is 10.9 Å². The summed E-state index contributed by atoms with van der Waals surface area (Å²) in [5.74, 6) is -3.13. The summed E-state index contributed by atoms with van der Waals surface area (Å²) in [7, 11) is 0. The number of nitrogens with zero attached hydrogens (tertiary/aromatic N) is 2. The highest BCUT2D eigenvalue weighted by Gasteiger charge is 2.43. The number of aromatic hydroxyl groups is 1. The maximum atomic E-state index is 13.2. The fourth-order valence-corrected chi connectivity index (χ4v) is 4.43. The molecule has 4 rings (SSSR count). The number of aliphatic hydroxyl groups excluding tert-OH is 2. The molecule has 1 atom stereocenters. The summed E-state index contributed by atoms with van der Waals surface area (Å²) in [4.78, 5) is 44.7. The molecule has 3 aromatic rings. The second-order valence-corrected chi connectivity index (χ2v) is 8.13. The molecule has 1 aromatic heterocycles. The molecule has 2 aromatic carbocycles. The molecular weight excluding hydrogens is 480 g/mol. The molecule has 0 bridgehead atoms. The number of hydrogen-bond donors (Lipinski definition) is 3. The number of fused-ring (bicyclic) bond motifs is 2. The first-order valence-electron chi connectivity index (χ1n) is 9.89. The van der Waals surface area contributed by atoms with Crippen molar-refractivity contribution in [2.24, 2.45) is 0 Å². The van der Waals surface area contributed by atoms with Crippen molar-refractivity contribution in [3.63, 3.8) is 0 Å². The van der Waals surface area contributed by atoms with Crippen LogP contribution in [0.5, 0.6) is 5.75 Å². The molecule has 1 aliphatic rings. The Morgan fingerprint density at radius 1 is 1.00 bits per heavy atom. The molecule has 0 aliphatic heterocycles. The van der Waals surface area contributed by atoms with Crippen LogP contribution < -0.4 is 0 Å². The third kappa shape index (κ3) is 3.58. The van der Waals surface area contributed by atoms with Crippen LogP contribution in [0.15, 0.2) is 46.9 Å². The lowest BCUT2D eigenvalue weighted by Gasteiger charge is -2.20. The first-order chi connectivity index (χ1) is 15.4. The summed E-state index contributed by atoms with van der Waals surface area (Å²) in [6.07, 6.45) is 0. The highest BCUT2D eigenvalue weighted by atomic mass is 79.9. The van der Waals surface area contributed by atoms with Gasteiger partial charge in [0.05, 0.1) is 23.2 Å². The number of hydrogen-bond acceptors (Lipinski definition) is 7. The number of rotatable bonds is 6. The number of Topliss-reactive ketones (excluding diaryl/α,β-unsaturated/α-hetero) is 2. The summed E-state index contributed by atoms with van der Waals surface area (Å²) in [5.41, 5.74) is 0.853. The first kappa shape index (κ1) is 22.1. The zero-order valence-electron chi connectivity index (χ0n) is 16.8. The first-order valence-corrected chi connectivity index (χ1v) is 10.7. The number of carbonyl (C=O) groups excluding carboxylic acids is 3. The van der Waals surface area contributed by atoms with Crippen molar-refractivity contribution in [2.45, 2.75) is 5.92 Å². The lowest BCUT2D eigenvalue weighted by Crippen LogP contribution is -2.35. The monoisotopic (exact) mass is 498 g/mol. The maximum absolute atomic E-state index is 13.2. The second-order valence-electron chi connectivity index (χ2n) is 7.34. The summed E-state index contributed by atoms with van der Waals surface area (Å²) in [6.45, 7) is -0.514. The van der Waals surface area contributed by atoms with E-state index in [0.29, 0.717) is 15.4 Å². The Bertz CT molecular complexity index is 1250.